The molecule has 0 N–H and O–H groups in total. The van der Waals surface area contributed by atoms with Gasteiger partial charge in [0.15, 0.2) is 5.82 Å². The molecule has 0 bridgehead atoms. The number of fused-ring (bicyclic) bond motifs is 1. The lowest BCUT2D eigenvalue weighted by atomic mass is 10.2. The number of hydrogen-bond donors (Lipinski definition) is 0. The second-order valence-corrected chi connectivity index (χ2v) is 7.79. The van der Waals surface area contributed by atoms with Gasteiger partial charge in [-0.2, -0.15) is 0 Å². The summed E-state index contributed by atoms with van der Waals surface area (Å²) in [6.07, 6.45) is 3.73. The van der Waals surface area contributed by atoms with Gasteiger partial charge in [0.05, 0.1) is 0 Å². The number of carbonyl (C=O) groups excluding carboxylic acids is 1. The second kappa shape index (κ2) is 6.98. The molecule has 8 nitrogen and oxygen atoms in total. The van der Waals surface area contributed by atoms with Crippen LogP contribution in [-0.2, 0) is 7.05 Å². The molecule has 0 spiro atoms. The van der Waals surface area contributed by atoms with E-state index in [0.717, 1.165) is 16.6 Å². The molecule has 30 heavy (non-hydrogen) atoms. The average molecular weight is 401 g/mol. The Labute approximate surface area is 174 Å². The van der Waals surface area contributed by atoms with E-state index in [2.05, 4.69) is 46.8 Å². The molecule has 1 aliphatic heterocycles. The van der Waals surface area contributed by atoms with Crippen molar-refractivity contribution >= 4 is 28.4 Å². The molecule has 0 atom stereocenters. The van der Waals surface area contributed by atoms with Crippen LogP contribution >= 0.6 is 0 Å². The minimum absolute atomic E-state index is 0.0692. The summed E-state index contributed by atoms with van der Waals surface area (Å²) in [5.41, 5.74) is 2.75. The topological polar surface area (TPSA) is 72.1 Å². The Morgan fingerprint density at radius 1 is 1.03 bits per heavy atom. The molecule has 1 aliphatic rings. The van der Waals surface area contributed by atoms with Gasteiger partial charge in [-0.05, 0) is 50.2 Å². The summed E-state index contributed by atoms with van der Waals surface area (Å²) in [6, 6.07) is 14.0. The predicted molar refractivity (Wildman–Crippen MR) is 117 cm³/mol. The van der Waals surface area contributed by atoms with E-state index in [1.165, 1.54) is 0 Å². The van der Waals surface area contributed by atoms with Crippen LogP contribution in [0.5, 0.6) is 0 Å². The summed E-state index contributed by atoms with van der Waals surface area (Å²) in [4.78, 5) is 21.4. The lowest BCUT2D eigenvalue weighted by molar-refractivity contribution is 0.255. The Morgan fingerprint density at radius 3 is 2.70 bits per heavy atom. The zero-order valence-corrected chi connectivity index (χ0v) is 17.2. The highest BCUT2D eigenvalue weighted by atomic mass is 16.2. The van der Waals surface area contributed by atoms with Crippen molar-refractivity contribution in [2.45, 2.75) is 19.9 Å². The average Bonchev–Trinajstić information content (AvgIpc) is 3.47. The third kappa shape index (κ3) is 2.92. The number of nitrogens with zero attached hydrogens (tertiary/aromatic N) is 7. The fourth-order valence-corrected chi connectivity index (χ4v) is 3.93. The highest BCUT2D eigenvalue weighted by molar-refractivity contribution is 6.06. The van der Waals surface area contributed by atoms with Crippen LogP contribution < -0.4 is 9.80 Å². The quantitative estimate of drug-likeness (QED) is 0.521. The molecule has 4 aromatic rings. The first-order valence-corrected chi connectivity index (χ1v) is 10.0. The Kier molecular flexibility index (Phi) is 4.27. The van der Waals surface area contributed by atoms with Gasteiger partial charge < -0.3 is 9.13 Å². The van der Waals surface area contributed by atoms with Gasteiger partial charge in [0.1, 0.15) is 17.8 Å². The lowest BCUT2D eigenvalue weighted by Gasteiger charge is -2.19. The van der Waals surface area contributed by atoms with Gasteiger partial charge in [-0.15, -0.1) is 10.2 Å². The van der Waals surface area contributed by atoms with Gasteiger partial charge in [-0.1, -0.05) is 6.07 Å². The maximum Gasteiger partial charge on any atom is 0.330 e. The van der Waals surface area contributed by atoms with Crippen LogP contribution in [-0.4, -0.2) is 43.4 Å². The lowest BCUT2D eigenvalue weighted by Crippen LogP contribution is -2.32. The molecule has 1 aromatic carbocycles. The maximum absolute atomic E-state index is 13.2. The molecule has 152 valence electrons. The molecular formula is C22H23N7O. The van der Waals surface area contributed by atoms with E-state index < -0.39 is 0 Å². The molecule has 0 unspecified atom stereocenters. The number of pyridine rings is 1. The zero-order chi connectivity index (χ0) is 20.8. The number of benzene rings is 1. The summed E-state index contributed by atoms with van der Waals surface area (Å²) >= 11 is 0. The Hall–Kier alpha value is -3.68. The fraction of sp³-hybridized carbons (Fsp3) is 0.273. The Morgan fingerprint density at radius 2 is 1.87 bits per heavy atom. The van der Waals surface area contributed by atoms with Crippen molar-refractivity contribution in [3.8, 4) is 11.5 Å². The van der Waals surface area contributed by atoms with Gasteiger partial charge in [0.2, 0.25) is 0 Å². The van der Waals surface area contributed by atoms with Crippen LogP contribution in [0, 0.1) is 0 Å². The molecule has 0 aliphatic carbocycles. The minimum Gasteiger partial charge on any atom is -0.351 e. The molecule has 4 heterocycles. The molecule has 1 saturated heterocycles. The van der Waals surface area contributed by atoms with Gasteiger partial charge in [-0.25, -0.2) is 9.78 Å². The number of hydrogen-bond acceptors (Lipinski definition) is 4. The molecule has 8 heteroatoms. The first-order valence-electron chi connectivity index (χ1n) is 10.0. The highest BCUT2D eigenvalue weighted by Crippen LogP contribution is 2.28. The van der Waals surface area contributed by atoms with E-state index in [1.54, 1.807) is 16.1 Å². The highest BCUT2D eigenvalue weighted by Gasteiger charge is 2.32. The van der Waals surface area contributed by atoms with Crippen LogP contribution in [0.1, 0.15) is 19.9 Å². The Balaban J connectivity index is 1.44. The van der Waals surface area contributed by atoms with Crippen LogP contribution in [0.2, 0.25) is 0 Å². The molecule has 2 amide bonds. The summed E-state index contributed by atoms with van der Waals surface area (Å²) < 4.78 is 4.04. The molecular weight excluding hydrogens is 378 g/mol. The second-order valence-electron chi connectivity index (χ2n) is 7.79. The fourth-order valence-electron chi connectivity index (χ4n) is 3.93. The monoisotopic (exact) mass is 401 g/mol. The van der Waals surface area contributed by atoms with Crippen LogP contribution in [0.4, 0.5) is 16.3 Å². The molecule has 0 radical (unpaired) electrons. The zero-order valence-electron chi connectivity index (χ0n) is 17.2. The molecule has 0 saturated carbocycles. The third-order valence-corrected chi connectivity index (χ3v) is 5.56. The number of rotatable bonds is 4. The predicted octanol–water partition coefficient (Wildman–Crippen LogP) is 3.86. The first-order chi connectivity index (χ1) is 14.5. The number of amides is 2. The van der Waals surface area contributed by atoms with Crippen molar-refractivity contribution in [2.75, 3.05) is 22.9 Å². The van der Waals surface area contributed by atoms with Crippen molar-refractivity contribution < 1.29 is 4.79 Å². The van der Waals surface area contributed by atoms with Crippen molar-refractivity contribution in [3.05, 3.63) is 55.0 Å². The molecule has 5 rings (SSSR count). The summed E-state index contributed by atoms with van der Waals surface area (Å²) in [5.74, 6) is 1.32. The summed E-state index contributed by atoms with van der Waals surface area (Å²) in [7, 11) is 2.02. The third-order valence-electron chi connectivity index (χ3n) is 5.56. The first kappa shape index (κ1) is 18.4. The van der Waals surface area contributed by atoms with Crippen LogP contribution in [0.25, 0.3) is 22.4 Å². The van der Waals surface area contributed by atoms with Gasteiger partial charge in [0, 0.05) is 49.0 Å². The van der Waals surface area contributed by atoms with Crippen LogP contribution in [0.15, 0.2) is 55.0 Å². The van der Waals surface area contributed by atoms with Gasteiger partial charge in [0.25, 0.3) is 0 Å². The van der Waals surface area contributed by atoms with E-state index in [9.17, 15) is 4.79 Å². The number of aromatic nitrogens is 5. The Bertz CT molecular complexity index is 1240. The van der Waals surface area contributed by atoms with E-state index in [4.69, 9.17) is 4.98 Å². The van der Waals surface area contributed by atoms with Gasteiger partial charge in [-0.3, -0.25) is 9.80 Å². The summed E-state index contributed by atoms with van der Waals surface area (Å²) in [6.45, 7) is 5.34. The minimum atomic E-state index is -0.0692. The van der Waals surface area contributed by atoms with E-state index in [0.29, 0.717) is 30.4 Å². The molecule has 1 fully saturated rings. The largest absolute Gasteiger partial charge is 0.351 e. The molecule has 3 aromatic heterocycles. The maximum atomic E-state index is 13.2. The number of carbonyl (C=O) groups is 1. The normalized spacial score (nSPS) is 14.5. The smallest absolute Gasteiger partial charge is 0.330 e. The summed E-state index contributed by atoms with van der Waals surface area (Å²) in [5, 5.41) is 9.37. The number of aryl methyl sites for hydroxylation is 1. The van der Waals surface area contributed by atoms with Crippen molar-refractivity contribution in [1.82, 2.24) is 24.3 Å². The number of urea groups is 1. The standard InChI is InChI=1S/C22H23N7O/c1-15(2)29-14-23-25-21(29)18-5-4-6-20(24-18)28-12-11-27(22(28)30)17-7-8-19-16(13-17)9-10-26(19)3/h4-10,13-15H,11-12H2,1-3H3. The number of anilines is 2. The van der Waals surface area contributed by atoms with E-state index in [-0.39, 0.29) is 12.1 Å². The van der Waals surface area contributed by atoms with Crippen molar-refractivity contribution in [1.29, 1.82) is 0 Å². The van der Waals surface area contributed by atoms with Gasteiger partial charge >= 0.3 is 6.03 Å². The van der Waals surface area contributed by atoms with Crippen molar-refractivity contribution in [3.63, 3.8) is 0 Å². The van der Waals surface area contributed by atoms with Crippen molar-refractivity contribution in [2.24, 2.45) is 7.05 Å². The SMILES string of the molecule is CC(C)n1cnnc1-c1cccc(N2CCN(c3ccc4c(ccn4C)c3)C2=O)n1. The van der Waals surface area contributed by atoms with E-state index >= 15 is 0 Å². The van der Waals surface area contributed by atoms with Crippen LogP contribution in [0.3, 0.4) is 0 Å². The van der Waals surface area contributed by atoms with E-state index in [1.807, 2.05) is 42.1 Å².